The largest absolute Gasteiger partial charge is 0.463 e. The molecule has 0 aromatic carbocycles. The Bertz CT molecular complexity index is 492. The van der Waals surface area contributed by atoms with Gasteiger partial charge in [-0.2, -0.15) is 0 Å². The van der Waals surface area contributed by atoms with Gasteiger partial charge >= 0.3 is 12.0 Å². The van der Waals surface area contributed by atoms with Crippen LogP contribution >= 0.6 is 0 Å². The number of hydrogen-bond donors (Lipinski definition) is 3. The highest BCUT2D eigenvalue weighted by Gasteiger charge is 2.47. The van der Waals surface area contributed by atoms with Crippen molar-refractivity contribution in [1.29, 1.82) is 0 Å². The number of hydrogen-bond acceptors (Lipinski definition) is 4. The molecular formula is C19H37N3O4. The van der Waals surface area contributed by atoms with Gasteiger partial charge in [0.15, 0.2) is 0 Å². The third-order valence-corrected chi connectivity index (χ3v) is 4.40. The third kappa shape index (κ3) is 9.06. The Hall–Kier alpha value is -1.79. The molecule has 152 valence electrons. The molecule has 0 saturated carbocycles. The van der Waals surface area contributed by atoms with Gasteiger partial charge in [0.25, 0.3) is 0 Å². The van der Waals surface area contributed by atoms with Crippen LogP contribution in [0, 0.1) is 16.2 Å². The highest BCUT2D eigenvalue weighted by Crippen LogP contribution is 2.47. The SMILES string of the molecule is CC(=O)NCCNC(=O)NCCOC(=O)C(C)(CC(C)(C)C)C(C)(C)C. The zero-order valence-electron chi connectivity index (χ0n) is 17.7. The zero-order valence-corrected chi connectivity index (χ0v) is 17.7. The van der Waals surface area contributed by atoms with Gasteiger partial charge in [0.2, 0.25) is 5.91 Å². The van der Waals surface area contributed by atoms with Crippen molar-refractivity contribution in [3.8, 4) is 0 Å². The number of carbonyl (C=O) groups is 3. The van der Waals surface area contributed by atoms with E-state index >= 15 is 0 Å². The van der Waals surface area contributed by atoms with Gasteiger partial charge in [-0.25, -0.2) is 4.79 Å². The van der Waals surface area contributed by atoms with Gasteiger partial charge in [-0.15, -0.1) is 0 Å². The van der Waals surface area contributed by atoms with E-state index in [1.165, 1.54) is 6.92 Å². The second kappa shape index (κ2) is 9.78. The van der Waals surface area contributed by atoms with E-state index in [9.17, 15) is 14.4 Å². The summed E-state index contributed by atoms with van der Waals surface area (Å²) in [4.78, 5) is 35.0. The average Bonchev–Trinajstić information content (AvgIpc) is 2.44. The van der Waals surface area contributed by atoms with Gasteiger partial charge in [-0.3, -0.25) is 9.59 Å². The predicted molar refractivity (Wildman–Crippen MR) is 103 cm³/mol. The maximum atomic E-state index is 12.7. The Balaban J connectivity index is 4.37. The Morgan fingerprint density at radius 1 is 0.808 bits per heavy atom. The van der Waals surface area contributed by atoms with Gasteiger partial charge in [0, 0.05) is 20.0 Å². The first-order valence-corrected chi connectivity index (χ1v) is 9.12. The lowest BCUT2D eigenvalue weighted by Crippen LogP contribution is -2.45. The van der Waals surface area contributed by atoms with E-state index in [1.807, 2.05) is 27.7 Å². The van der Waals surface area contributed by atoms with Gasteiger partial charge in [0.05, 0.1) is 12.0 Å². The summed E-state index contributed by atoms with van der Waals surface area (Å²) in [5.41, 5.74) is -0.870. The summed E-state index contributed by atoms with van der Waals surface area (Å²) in [5, 5.41) is 7.81. The summed E-state index contributed by atoms with van der Waals surface area (Å²) in [5.74, 6) is -0.385. The minimum Gasteiger partial charge on any atom is -0.463 e. The van der Waals surface area contributed by atoms with Crippen LogP contribution in [0.1, 0.15) is 61.8 Å². The maximum absolute atomic E-state index is 12.7. The highest BCUT2D eigenvalue weighted by molar-refractivity contribution is 5.77. The van der Waals surface area contributed by atoms with Crippen molar-refractivity contribution >= 4 is 17.9 Å². The fourth-order valence-electron chi connectivity index (χ4n) is 2.65. The van der Waals surface area contributed by atoms with Crippen LogP contribution in [0.3, 0.4) is 0 Å². The summed E-state index contributed by atoms with van der Waals surface area (Å²) in [6, 6.07) is -0.361. The molecular weight excluding hydrogens is 334 g/mol. The van der Waals surface area contributed by atoms with Crippen LogP contribution in [-0.2, 0) is 14.3 Å². The molecule has 0 rings (SSSR count). The van der Waals surface area contributed by atoms with E-state index in [-0.39, 0.29) is 41.9 Å². The Kier molecular flexibility index (Phi) is 9.11. The van der Waals surface area contributed by atoms with Crippen LogP contribution in [0.4, 0.5) is 4.79 Å². The van der Waals surface area contributed by atoms with Crippen LogP contribution in [0.25, 0.3) is 0 Å². The molecule has 0 aliphatic rings. The van der Waals surface area contributed by atoms with E-state index in [2.05, 4.69) is 36.7 Å². The van der Waals surface area contributed by atoms with Crippen molar-refractivity contribution in [3.63, 3.8) is 0 Å². The minimum atomic E-state index is -0.619. The van der Waals surface area contributed by atoms with E-state index in [0.717, 1.165) is 0 Å². The molecule has 0 fully saturated rings. The molecule has 1 atom stereocenters. The predicted octanol–water partition coefficient (Wildman–Crippen LogP) is 2.45. The lowest BCUT2D eigenvalue weighted by molar-refractivity contribution is -0.164. The molecule has 3 amide bonds. The van der Waals surface area contributed by atoms with Gasteiger partial charge < -0.3 is 20.7 Å². The van der Waals surface area contributed by atoms with E-state index in [4.69, 9.17) is 4.74 Å². The zero-order chi connectivity index (χ0) is 20.6. The quantitative estimate of drug-likeness (QED) is 0.451. The van der Waals surface area contributed by atoms with Gasteiger partial charge in [-0.05, 0) is 24.2 Å². The molecule has 0 radical (unpaired) electrons. The van der Waals surface area contributed by atoms with E-state index in [1.54, 1.807) is 0 Å². The van der Waals surface area contributed by atoms with Crippen LogP contribution in [0.15, 0.2) is 0 Å². The van der Waals surface area contributed by atoms with Crippen molar-refractivity contribution in [2.24, 2.45) is 16.2 Å². The molecule has 3 N–H and O–H groups in total. The monoisotopic (exact) mass is 371 g/mol. The number of nitrogens with one attached hydrogen (secondary N) is 3. The van der Waals surface area contributed by atoms with Gasteiger partial charge in [-0.1, -0.05) is 41.5 Å². The fraction of sp³-hybridized carbons (Fsp3) is 0.842. The normalized spacial score (nSPS) is 14.2. The Labute approximate surface area is 158 Å². The molecule has 0 aliphatic heterocycles. The second-order valence-corrected chi connectivity index (χ2v) is 9.12. The van der Waals surface area contributed by atoms with Crippen molar-refractivity contribution in [2.45, 2.75) is 61.8 Å². The second-order valence-electron chi connectivity index (χ2n) is 9.12. The Morgan fingerprint density at radius 2 is 1.31 bits per heavy atom. The third-order valence-electron chi connectivity index (χ3n) is 4.40. The first-order valence-electron chi connectivity index (χ1n) is 9.12. The smallest absolute Gasteiger partial charge is 0.314 e. The molecule has 0 saturated heterocycles. The molecule has 7 heteroatoms. The maximum Gasteiger partial charge on any atom is 0.314 e. The number of ether oxygens (including phenoxy) is 1. The first kappa shape index (κ1) is 24.2. The van der Waals surface area contributed by atoms with Crippen molar-refractivity contribution in [2.75, 3.05) is 26.2 Å². The van der Waals surface area contributed by atoms with Crippen LogP contribution in [0.5, 0.6) is 0 Å². The molecule has 1 unspecified atom stereocenters. The van der Waals surface area contributed by atoms with Crippen molar-refractivity contribution < 1.29 is 19.1 Å². The molecule has 0 aliphatic carbocycles. The molecule has 0 bridgehead atoms. The average molecular weight is 372 g/mol. The molecule has 7 nitrogen and oxygen atoms in total. The number of carbonyl (C=O) groups excluding carboxylic acids is 3. The number of esters is 1. The van der Waals surface area contributed by atoms with Crippen molar-refractivity contribution in [3.05, 3.63) is 0 Å². The number of rotatable bonds is 8. The van der Waals surface area contributed by atoms with Crippen LogP contribution in [0.2, 0.25) is 0 Å². The molecule has 0 aromatic heterocycles. The van der Waals surface area contributed by atoms with Crippen molar-refractivity contribution in [1.82, 2.24) is 16.0 Å². The number of urea groups is 1. The topological polar surface area (TPSA) is 96.5 Å². The summed E-state index contributed by atoms with van der Waals surface area (Å²) in [7, 11) is 0. The van der Waals surface area contributed by atoms with E-state index in [0.29, 0.717) is 19.5 Å². The van der Waals surface area contributed by atoms with Crippen LogP contribution < -0.4 is 16.0 Å². The summed E-state index contributed by atoms with van der Waals surface area (Å²) < 4.78 is 5.45. The summed E-state index contributed by atoms with van der Waals surface area (Å²) in [6.45, 7) is 16.9. The summed E-state index contributed by atoms with van der Waals surface area (Å²) in [6.07, 6.45) is 0.708. The molecule has 26 heavy (non-hydrogen) atoms. The summed E-state index contributed by atoms with van der Waals surface area (Å²) >= 11 is 0. The Morgan fingerprint density at radius 3 is 1.77 bits per heavy atom. The standard InChI is InChI=1S/C19H37N3O4/c1-14(23)20-9-10-21-16(25)22-11-12-26-15(24)19(8,18(5,6)7)13-17(2,3)4/h9-13H2,1-8H3,(H,20,23)(H2,21,22,25). The number of amides is 3. The first-order chi connectivity index (χ1) is 11.7. The molecule has 0 aromatic rings. The highest BCUT2D eigenvalue weighted by atomic mass is 16.5. The fourth-order valence-corrected chi connectivity index (χ4v) is 2.65. The van der Waals surface area contributed by atoms with Gasteiger partial charge in [0.1, 0.15) is 6.61 Å². The minimum absolute atomic E-state index is 0.00685. The lowest BCUT2D eigenvalue weighted by atomic mass is 9.61. The molecule has 0 spiro atoms. The van der Waals surface area contributed by atoms with E-state index < -0.39 is 5.41 Å². The lowest BCUT2D eigenvalue weighted by Gasteiger charge is -2.43. The van der Waals surface area contributed by atoms with Crippen LogP contribution in [-0.4, -0.2) is 44.1 Å². The molecule has 0 heterocycles.